The smallest absolute Gasteiger partial charge is 0.250 e. The van der Waals surface area contributed by atoms with E-state index in [0.717, 1.165) is 28.3 Å². The van der Waals surface area contributed by atoms with Crippen molar-refractivity contribution in [2.45, 2.75) is 25.9 Å². The number of ether oxygens (including phenoxy) is 1. The Bertz CT molecular complexity index is 1080. The predicted octanol–water partition coefficient (Wildman–Crippen LogP) is 3.79. The molecule has 1 aliphatic heterocycles. The molecule has 31 heavy (non-hydrogen) atoms. The third-order valence-corrected chi connectivity index (χ3v) is 5.63. The number of carbonyl (C=O) groups excluding carboxylic acids is 1. The van der Waals surface area contributed by atoms with Crippen LogP contribution in [0.4, 0.5) is 11.4 Å². The molecular formula is C23H25N5O2S. The molecule has 3 N–H and O–H groups in total. The molecule has 2 unspecified atom stereocenters. The zero-order chi connectivity index (χ0) is 22.0. The molecule has 3 heterocycles. The maximum atomic E-state index is 11.8. The van der Waals surface area contributed by atoms with Crippen LogP contribution in [-0.4, -0.2) is 34.7 Å². The average molecular weight is 436 g/mol. The van der Waals surface area contributed by atoms with Crippen LogP contribution in [0.3, 0.4) is 0 Å². The number of amides is 1. The highest BCUT2D eigenvalue weighted by atomic mass is 32.1. The molecule has 1 aromatic carbocycles. The molecule has 8 heteroatoms. The quantitative estimate of drug-likeness (QED) is 0.511. The van der Waals surface area contributed by atoms with Crippen molar-refractivity contribution in [1.29, 1.82) is 0 Å². The van der Waals surface area contributed by atoms with E-state index < -0.39 is 0 Å². The van der Waals surface area contributed by atoms with Gasteiger partial charge in [-0.1, -0.05) is 6.07 Å². The van der Waals surface area contributed by atoms with Gasteiger partial charge in [-0.25, -0.2) is 0 Å². The Morgan fingerprint density at radius 3 is 2.61 bits per heavy atom. The van der Waals surface area contributed by atoms with Crippen LogP contribution in [0.2, 0.25) is 0 Å². The van der Waals surface area contributed by atoms with Gasteiger partial charge in [0.25, 0.3) is 0 Å². The first-order valence-corrected chi connectivity index (χ1v) is 10.4. The van der Waals surface area contributed by atoms with E-state index in [1.54, 1.807) is 6.20 Å². The maximum absolute atomic E-state index is 11.8. The van der Waals surface area contributed by atoms with Gasteiger partial charge in [0.15, 0.2) is 5.11 Å². The van der Waals surface area contributed by atoms with Crippen molar-refractivity contribution in [2.24, 2.45) is 0 Å². The van der Waals surface area contributed by atoms with Crippen molar-refractivity contribution in [3.05, 3.63) is 77.4 Å². The number of aromatic nitrogens is 2. The minimum Gasteiger partial charge on any atom is -0.375 e. The third kappa shape index (κ3) is 4.30. The number of rotatable bonds is 6. The van der Waals surface area contributed by atoms with Crippen molar-refractivity contribution >= 4 is 34.6 Å². The van der Waals surface area contributed by atoms with Crippen LogP contribution in [0.1, 0.15) is 34.7 Å². The largest absolute Gasteiger partial charge is 0.375 e. The minimum absolute atomic E-state index is 0.0157. The van der Waals surface area contributed by atoms with Crippen LogP contribution in [-0.2, 0) is 9.53 Å². The number of pyridine rings is 1. The summed E-state index contributed by atoms with van der Waals surface area (Å²) in [6, 6.07) is 15.6. The van der Waals surface area contributed by atoms with E-state index in [1.807, 2.05) is 42.5 Å². The summed E-state index contributed by atoms with van der Waals surface area (Å²) in [5, 5.41) is 6.91. The first-order chi connectivity index (χ1) is 15.0. The monoisotopic (exact) mass is 435 g/mol. The number of methoxy groups -OCH3 is 1. The molecule has 0 spiro atoms. The highest BCUT2D eigenvalue weighted by molar-refractivity contribution is 7.80. The maximum Gasteiger partial charge on any atom is 0.250 e. The van der Waals surface area contributed by atoms with Crippen LogP contribution in [0, 0.1) is 13.8 Å². The van der Waals surface area contributed by atoms with Gasteiger partial charge in [0.2, 0.25) is 5.91 Å². The number of carbonyl (C=O) groups is 1. The number of nitrogens with one attached hydrogen (secondary N) is 3. The highest BCUT2D eigenvalue weighted by Gasteiger charge is 2.41. The van der Waals surface area contributed by atoms with Gasteiger partial charge in [-0.3, -0.25) is 9.78 Å². The fourth-order valence-corrected chi connectivity index (χ4v) is 4.38. The molecular weight excluding hydrogens is 410 g/mol. The van der Waals surface area contributed by atoms with Gasteiger partial charge in [-0.15, -0.1) is 0 Å². The lowest BCUT2D eigenvalue weighted by molar-refractivity contribution is -0.119. The zero-order valence-electron chi connectivity index (χ0n) is 17.7. The highest BCUT2D eigenvalue weighted by Crippen LogP contribution is 2.42. The number of aromatic amines is 1. The Balaban J connectivity index is 1.70. The Labute approximate surface area is 186 Å². The molecule has 2 aromatic heterocycles. The average Bonchev–Trinajstić information content (AvgIpc) is 3.27. The summed E-state index contributed by atoms with van der Waals surface area (Å²) in [4.78, 5) is 21.9. The molecule has 1 fully saturated rings. The van der Waals surface area contributed by atoms with Crippen molar-refractivity contribution in [3.63, 3.8) is 0 Å². The molecule has 1 aliphatic rings. The second kappa shape index (κ2) is 8.87. The van der Waals surface area contributed by atoms with Gasteiger partial charge in [0, 0.05) is 36.1 Å². The van der Waals surface area contributed by atoms with Crippen LogP contribution >= 0.6 is 12.2 Å². The van der Waals surface area contributed by atoms with E-state index in [4.69, 9.17) is 17.0 Å². The molecule has 7 nitrogen and oxygen atoms in total. The summed E-state index contributed by atoms with van der Waals surface area (Å²) >= 11 is 5.75. The number of anilines is 2. The number of hydrogen-bond acceptors (Lipinski definition) is 4. The summed E-state index contributed by atoms with van der Waals surface area (Å²) in [5.41, 5.74) is 5.93. The third-order valence-electron chi connectivity index (χ3n) is 5.31. The molecule has 0 radical (unpaired) electrons. The topological polar surface area (TPSA) is 82.3 Å². The molecule has 0 aliphatic carbocycles. The van der Waals surface area contributed by atoms with Crippen molar-refractivity contribution in [1.82, 2.24) is 15.3 Å². The number of nitrogens with zero attached hydrogens (tertiary/aromatic N) is 2. The Morgan fingerprint density at radius 2 is 2.00 bits per heavy atom. The molecule has 4 rings (SSSR count). The Kier molecular flexibility index (Phi) is 6.01. The number of H-pyrrole nitrogens is 1. The van der Waals surface area contributed by atoms with Crippen LogP contribution < -0.4 is 15.5 Å². The summed E-state index contributed by atoms with van der Waals surface area (Å²) in [5.74, 6) is -0.194. The van der Waals surface area contributed by atoms with E-state index in [0.29, 0.717) is 10.8 Å². The molecule has 0 bridgehead atoms. The summed E-state index contributed by atoms with van der Waals surface area (Å²) in [7, 11) is 1.49. The van der Waals surface area contributed by atoms with Crippen LogP contribution in [0.5, 0.6) is 0 Å². The summed E-state index contributed by atoms with van der Waals surface area (Å²) in [6.07, 6.45) is 1.80. The number of benzene rings is 1. The first-order valence-electron chi connectivity index (χ1n) is 10.0. The second-order valence-electron chi connectivity index (χ2n) is 7.56. The number of thiocarbonyl (C=S) groups is 1. The lowest BCUT2D eigenvalue weighted by Crippen LogP contribution is -2.29. The van der Waals surface area contributed by atoms with Crippen molar-refractivity contribution in [3.8, 4) is 0 Å². The van der Waals surface area contributed by atoms with Crippen molar-refractivity contribution in [2.75, 3.05) is 23.9 Å². The fourth-order valence-electron chi connectivity index (χ4n) is 4.04. The normalized spacial score (nSPS) is 18.2. The van der Waals surface area contributed by atoms with E-state index in [-0.39, 0.29) is 24.6 Å². The molecule has 1 saturated heterocycles. The molecule has 160 valence electrons. The summed E-state index contributed by atoms with van der Waals surface area (Å²) < 4.78 is 4.87. The first kappa shape index (κ1) is 21.0. The molecule has 1 amide bonds. The van der Waals surface area contributed by atoms with Gasteiger partial charge in [0.05, 0.1) is 17.8 Å². The second-order valence-corrected chi connectivity index (χ2v) is 7.94. The van der Waals surface area contributed by atoms with Gasteiger partial charge >= 0.3 is 0 Å². The van der Waals surface area contributed by atoms with Crippen LogP contribution in [0.15, 0.2) is 54.7 Å². The van der Waals surface area contributed by atoms with E-state index in [2.05, 4.69) is 45.4 Å². The Morgan fingerprint density at radius 1 is 1.23 bits per heavy atom. The lowest BCUT2D eigenvalue weighted by Gasteiger charge is -2.28. The number of aryl methyl sites for hydroxylation is 2. The zero-order valence-corrected chi connectivity index (χ0v) is 18.5. The van der Waals surface area contributed by atoms with Crippen LogP contribution in [0.25, 0.3) is 0 Å². The standard InChI is InChI=1S/C23H25N5O2S/c1-14-12-18(15(2)25-14)22-21(19-6-4-5-11-24-19)27-23(31)28(22)17-9-7-16(8-10-17)26-20(29)13-30-3/h4-12,21-22,25H,13H2,1-3H3,(H,26,29)(H,27,31). The summed E-state index contributed by atoms with van der Waals surface area (Å²) in [6.45, 7) is 4.14. The van der Waals surface area contributed by atoms with E-state index >= 15 is 0 Å². The van der Waals surface area contributed by atoms with Gasteiger partial charge < -0.3 is 25.3 Å². The lowest BCUT2D eigenvalue weighted by atomic mass is 9.96. The molecule has 0 saturated carbocycles. The van der Waals surface area contributed by atoms with E-state index in [1.165, 1.54) is 7.11 Å². The predicted molar refractivity (Wildman–Crippen MR) is 125 cm³/mol. The van der Waals surface area contributed by atoms with E-state index in [9.17, 15) is 4.79 Å². The fraction of sp³-hybridized carbons (Fsp3) is 0.261. The number of hydrogen-bond donors (Lipinski definition) is 3. The van der Waals surface area contributed by atoms with Gasteiger partial charge in [-0.05, 0) is 74.1 Å². The molecule has 3 aromatic rings. The minimum atomic E-state index is -0.194. The van der Waals surface area contributed by atoms with Gasteiger partial charge in [-0.2, -0.15) is 0 Å². The Hall–Kier alpha value is -3.23. The van der Waals surface area contributed by atoms with Gasteiger partial charge in [0.1, 0.15) is 6.61 Å². The molecule has 2 atom stereocenters. The van der Waals surface area contributed by atoms with Crippen molar-refractivity contribution < 1.29 is 9.53 Å². The SMILES string of the molecule is COCC(=O)Nc1ccc(N2C(=S)NC(c3ccccn3)C2c2cc(C)[nH]c2C)cc1.